The fourth-order valence-corrected chi connectivity index (χ4v) is 7.33. The number of hydrogen-bond acceptors (Lipinski definition) is 10. The van der Waals surface area contributed by atoms with Gasteiger partial charge < -0.3 is 19.3 Å². The first-order valence-electron chi connectivity index (χ1n) is 15.0. The number of aromatic nitrogens is 2. The van der Waals surface area contributed by atoms with Crippen LogP contribution >= 0.6 is 23.1 Å². The maximum absolute atomic E-state index is 14.2. The maximum atomic E-state index is 14.2. The Bertz CT molecular complexity index is 1830. The number of thioether (sulfide) groups is 1. The van der Waals surface area contributed by atoms with Gasteiger partial charge in [0.25, 0.3) is 5.78 Å². The van der Waals surface area contributed by atoms with E-state index in [0.29, 0.717) is 57.9 Å². The molecule has 4 aromatic rings. The average molecular weight is 662 g/mol. The molecule has 3 aromatic carbocycles. The molecule has 238 valence electrons. The van der Waals surface area contributed by atoms with Gasteiger partial charge in [-0.15, -0.1) is 10.2 Å². The molecule has 1 N–H and O–H groups in total. The highest BCUT2D eigenvalue weighted by molar-refractivity contribution is 8.00. The summed E-state index contributed by atoms with van der Waals surface area (Å²) in [6.07, 6.45) is 1.45. The van der Waals surface area contributed by atoms with E-state index in [1.807, 2.05) is 20.8 Å². The summed E-state index contributed by atoms with van der Waals surface area (Å²) in [4.78, 5) is 28.8. The molecule has 1 aromatic heterocycles. The Morgan fingerprint density at radius 1 is 1.09 bits per heavy atom. The van der Waals surface area contributed by atoms with E-state index in [2.05, 4.69) is 10.2 Å². The fourth-order valence-electron chi connectivity index (χ4n) is 5.48. The maximum Gasteiger partial charge on any atom is 0.301 e. The number of fused-ring (bicyclic) bond motifs is 1. The van der Waals surface area contributed by atoms with Gasteiger partial charge in [0.1, 0.15) is 23.4 Å². The van der Waals surface area contributed by atoms with Crippen LogP contribution < -0.4 is 19.1 Å². The number of carbonyl (C=O) groups is 2. The Labute approximate surface area is 274 Å². The number of halogens is 1. The minimum atomic E-state index is -1.04. The van der Waals surface area contributed by atoms with Crippen LogP contribution in [0.4, 0.5) is 9.52 Å². The van der Waals surface area contributed by atoms with Crippen LogP contribution in [0.5, 0.6) is 17.2 Å². The summed E-state index contributed by atoms with van der Waals surface area (Å²) in [6, 6.07) is 15.9. The molecule has 6 rings (SSSR count). The number of hydrogen-bond donors (Lipinski definition) is 1. The Kier molecular flexibility index (Phi) is 9.27. The molecule has 3 heterocycles. The Morgan fingerprint density at radius 3 is 2.70 bits per heavy atom. The molecule has 12 heteroatoms. The largest absolute Gasteiger partial charge is 0.507 e. The quantitative estimate of drug-likeness (QED) is 0.0591. The third kappa shape index (κ3) is 6.19. The van der Waals surface area contributed by atoms with E-state index in [0.717, 1.165) is 29.1 Å². The van der Waals surface area contributed by atoms with Crippen LogP contribution in [0.25, 0.3) is 5.76 Å². The minimum Gasteiger partial charge on any atom is -0.507 e. The number of Topliss-reactive ketones (excluding diaryl/α,β-unsaturated/α-hetero) is 1. The summed E-state index contributed by atoms with van der Waals surface area (Å²) in [5.41, 5.74) is 2.23. The predicted molar refractivity (Wildman–Crippen MR) is 174 cm³/mol. The summed E-state index contributed by atoms with van der Waals surface area (Å²) in [5.74, 6) is -0.337. The lowest BCUT2D eigenvalue weighted by atomic mass is 9.94. The number of aliphatic hydroxyl groups excluding tert-OH is 1. The number of ketones is 1. The van der Waals surface area contributed by atoms with Crippen molar-refractivity contribution in [1.82, 2.24) is 10.2 Å². The third-order valence-electron chi connectivity index (χ3n) is 7.57. The van der Waals surface area contributed by atoms with Gasteiger partial charge in [0, 0.05) is 17.7 Å². The van der Waals surface area contributed by atoms with Crippen LogP contribution in [-0.4, -0.2) is 46.3 Å². The number of rotatable bonds is 11. The smallest absolute Gasteiger partial charge is 0.301 e. The highest BCUT2D eigenvalue weighted by atomic mass is 32.2. The molecule has 0 bridgehead atoms. The van der Waals surface area contributed by atoms with Crippen LogP contribution in [0.2, 0.25) is 0 Å². The first kappa shape index (κ1) is 31.6. The van der Waals surface area contributed by atoms with E-state index in [4.69, 9.17) is 14.2 Å². The minimum absolute atomic E-state index is 0.00810. The summed E-state index contributed by atoms with van der Waals surface area (Å²) in [6.45, 7) is 6.65. The predicted octanol–water partition coefficient (Wildman–Crippen LogP) is 7.11. The standard InChI is InChI=1S/C34H32FN3O6S2/c1-4-14-43-26-13-10-20(17-27(26)42-5-2)29-28(30(39)21-11-12-25-23(16-21)15-19(3)44-25)31(40)32(41)38(29)33-36-37-34(46-33)45-18-22-8-6-7-9-24(22)35/h6-13,16-17,19,29,39H,4-5,14-15,18H2,1-3H3/b30-28+/t19-,29-/m1/s1. The number of nitrogens with zero attached hydrogens (tertiary/aromatic N) is 3. The Balaban J connectivity index is 1.43. The van der Waals surface area contributed by atoms with E-state index in [1.54, 1.807) is 54.6 Å². The van der Waals surface area contributed by atoms with Crippen molar-refractivity contribution in [2.75, 3.05) is 18.1 Å². The van der Waals surface area contributed by atoms with E-state index in [-0.39, 0.29) is 28.4 Å². The Hall–Kier alpha value is -4.42. The molecular weight excluding hydrogens is 630 g/mol. The molecule has 2 atom stereocenters. The number of carbonyl (C=O) groups excluding carboxylic acids is 2. The van der Waals surface area contributed by atoms with Gasteiger partial charge in [0.2, 0.25) is 5.13 Å². The van der Waals surface area contributed by atoms with Crippen molar-refractivity contribution in [3.63, 3.8) is 0 Å². The van der Waals surface area contributed by atoms with Crippen molar-refractivity contribution in [2.24, 2.45) is 0 Å². The third-order valence-corrected chi connectivity index (χ3v) is 9.67. The van der Waals surface area contributed by atoms with Crippen molar-refractivity contribution >= 4 is 45.7 Å². The van der Waals surface area contributed by atoms with Gasteiger partial charge in [-0.05, 0) is 73.4 Å². The van der Waals surface area contributed by atoms with Crippen molar-refractivity contribution < 1.29 is 33.3 Å². The zero-order valence-corrected chi connectivity index (χ0v) is 27.1. The van der Waals surface area contributed by atoms with Gasteiger partial charge in [0.05, 0.1) is 24.8 Å². The van der Waals surface area contributed by atoms with E-state index in [1.165, 1.54) is 22.7 Å². The molecule has 9 nitrogen and oxygen atoms in total. The van der Waals surface area contributed by atoms with Crippen molar-refractivity contribution in [3.8, 4) is 17.2 Å². The van der Waals surface area contributed by atoms with Gasteiger partial charge in [-0.1, -0.05) is 54.3 Å². The first-order valence-corrected chi connectivity index (χ1v) is 16.8. The van der Waals surface area contributed by atoms with Gasteiger partial charge in [-0.3, -0.25) is 14.5 Å². The van der Waals surface area contributed by atoms with Crippen molar-refractivity contribution in [3.05, 3.63) is 94.3 Å². The van der Waals surface area contributed by atoms with Gasteiger partial charge >= 0.3 is 5.91 Å². The lowest BCUT2D eigenvalue weighted by Gasteiger charge is -2.23. The molecule has 46 heavy (non-hydrogen) atoms. The molecule has 1 fully saturated rings. The molecule has 2 aliphatic heterocycles. The summed E-state index contributed by atoms with van der Waals surface area (Å²) >= 11 is 2.38. The SMILES string of the molecule is CCCOc1ccc([C@@H]2/C(=C(\O)c3ccc4c(c3)C[C@@H](C)O4)C(=O)C(=O)N2c2nnc(SCc3ccccc3F)s2)cc1OCC. The van der Waals surface area contributed by atoms with Crippen LogP contribution in [0.15, 0.2) is 70.6 Å². The summed E-state index contributed by atoms with van der Waals surface area (Å²) in [7, 11) is 0. The van der Waals surface area contributed by atoms with Crippen molar-refractivity contribution in [1.29, 1.82) is 0 Å². The highest BCUT2D eigenvalue weighted by Crippen LogP contribution is 2.46. The van der Waals surface area contributed by atoms with Gasteiger partial charge in [-0.25, -0.2) is 4.39 Å². The lowest BCUT2D eigenvalue weighted by molar-refractivity contribution is -0.132. The zero-order chi connectivity index (χ0) is 32.4. The van der Waals surface area contributed by atoms with Crippen LogP contribution in [0, 0.1) is 5.82 Å². The topological polar surface area (TPSA) is 111 Å². The monoisotopic (exact) mass is 661 g/mol. The molecule has 0 radical (unpaired) electrons. The molecule has 0 spiro atoms. The summed E-state index contributed by atoms with van der Waals surface area (Å²) in [5, 5.41) is 20.4. The van der Waals surface area contributed by atoms with E-state index < -0.39 is 17.7 Å². The molecular formula is C34H32FN3O6S2. The lowest BCUT2D eigenvalue weighted by Crippen LogP contribution is -2.29. The first-order chi connectivity index (χ1) is 22.3. The summed E-state index contributed by atoms with van der Waals surface area (Å²) < 4.78 is 32.3. The normalized spacial score (nSPS) is 18.5. The average Bonchev–Trinajstić information content (AvgIpc) is 3.74. The Morgan fingerprint density at radius 2 is 1.91 bits per heavy atom. The second kappa shape index (κ2) is 13.5. The van der Waals surface area contributed by atoms with E-state index >= 15 is 0 Å². The highest BCUT2D eigenvalue weighted by Gasteiger charge is 2.48. The second-order valence-corrected chi connectivity index (χ2v) is 13.0. The molecule has 0 unspecified atom stereocenters. The van der Waals surface area contributed by atoms with Crippen LogP contribution in [-0.2, 0) is 21.8 Å². The molecule has 1 amide bonds. The number of aliphatic hydroxyl groups is 1. The van der Waals surface area contributed by atoms with Gasteiger partial charge in [-0.2, -0.15) is 0 Å². The number of ether oxygens (including phenoxy) is 3. The molecule has 1 saturated heterocycles. The molecule has 0 aliphatic carbocycles. The number of anilines is 1. The number of amides is 1. The van der Waals surface area contributed by atoms with Gasteiger partial charge in [0.15, 0.2) is 15.8 Å². The van der Waals surface area contributed by atoms with Crippen molar-refractivity contribution in [2.45, 2.75) is 55.9 Å². The van der Waals surface area contributed by atoms with Crippen LogP contribution in [0.1, 0.15) is 55.5 Å². The fraction of sp³-hybridized carbons (Fsp3) is 0.294. The number of benzene rings is 3. The molecule has 0 saturated carbocycles. The second-order valence-electron chi connectivity index (χ2n) is 10.8. The zero-order valence-electron chi connectivity index (χ0n) is 25.5. The van der Waals surface area contributed by atoms with E-state index in [9.17, 15) is 19.1 Å². The van der Waals surface area contributed by atoms with Crippen LogP contribution in [0.3, 0.4) is 0 Å². The molecule has 2 aliphatic rings.